The summed E-state index contributed by atoms with van der Waals surface area (Å²) in [5.74, 6) is 0. The van der Waals surface area contributed by atoms with E-state index in [4.69, 9.17) is 7.73 Å². The van der Waals surface area contributed by atoms with Crippen molar-refractivity contribution in [2.24, 2.45) is 5.41 Å². The van der Waals surface area contributed by atoms with Gasteiger partial charge in [0.1, 0.15) is 0 Å². The zero-order valence-corrected chi connectivity index (χ0v) is 18.4. The molecule has 25 heavy (non-hydrogen) atoms. The van der Waals surface area contributed by atoms with E-state index in [-0.39, 0.29) is 5.41 Å². The van der Waals surface area contributed by atoms with Crippen molar-refractivity contribution in [3.63, 3.8) is 0 Å². The monoisotopic (exact) mass is 355 g/mol. The van der Waals surface area contributed by atoms with Gasteiger partial charge in [-0.3, -0.25) is 4.98 Å². The highest BCUT2D eigenvalue weighted by molar-refractivity contribution is 6.89. The van der Waals surface area contributed by atoms with E-state index in [1.165, 1.54) is 5.56 Å². The van der Waals surface area contributed by atoms with Crippen molar-refractivity contribution in [3.05, 3.63) is 47.7 Å². The fraction of sp³-hybridized carbons (Fsp3) is 0.522. The van der Waals surface area contributed by atoms with Crippen LogP contribution >= 0.6 is 0 Å². The molecular weight excluding hydrogens is 318 g/mol. The summed E-state index contributed by atoms with van der Waals surface area (Å²) in [5, 5.41) is 1.11. The van der Waals surface area contributed by atoms with Gasteiger partial charge in [-0.05, 0) is 39.6 Å². The van der Waals surface area contributed by atoms with Gasteiger partial charge in [0.15, 0.2) is 0 Å². The van der Waals surface area contributed by atoms with Crippen LogP contribution in [0.15, 0.2) is 36.5 Å². The molecule has 0 atom stereocenters. The Bertz CT molecular complexity index is 804. The van der Waals surface area contributed by atoms with Gasteiger partial charge in [0.05, 0.1) is 13.8 Å². The largest absolute Gasteiger partial charge is 0.256 e. The second kappa shape index (κ2) is 6.72. The molecule has 0 bridgehead atoms. The van der Waals surface area contributed by atoms with Gasteiger partial charge in [0, 0.05) is 14.5 Å². The minimum atomic E-state index is -1.73. The Labute approximate surface area is 158 Å². The highest BCUT2D eigenvalue weighted by atomic mass is 28.3. The maximum atomic E-state index is 8.88. The Morgan fingerprint density at radius 2 is 1.52 bits per heavy atom. The van der Waals surface area contributed by atoms with Crippen molar-refractivity contribution in [2.45, 2.75) is 73.0 Å². The normalized spacial score (nSPS) is 14.9. The van der Waals surface area contributed by atoms with Crippen LogP contribution in [0.3, 0.4) is 0 Å². The van der Waals surface area contributed by atoms with Gasteiger partial charge in [0.25, 0.3) is 0 Å². The zero-order chi connectivity index (χ0) is 20.8. The smallest absolute Gasteiger partial charge is 0.0799 e. The van der Waals surface area contributed by atoms with Crippen LogP contribution in [-0.2, 0) is 11.8 Å². The first-order valence-corrected chi connectivity index (χ1v) is 12.7. The predicted octanol–water partition coefficient (Wildman–Crippen LogP) is 6.18. The number of hydrogen-bond donors (Lipinski definition) is 0. The van der Waals surface area contributed by atoms with Gasteiger partial charge >= 0.3 is 0 Å². The van der Waals surface area contributed by atoms with E-state index in [1.807, 2.05) is 33.0 Å². The molecule has 0 aliphatic carbocycles. The fourth-order valence-corrected chi connectivity index (χ4v) is 4.25. The summed E-state index contributed by atoms with van der Waals surface area (Å²) in [4.78, 5) is 4.73. The summed E-state index contributed by atoms with van der Waals surface area (Å²) in [6.07, 6.45) is 0.504. The second-order valence-corrected chi connectivity index (χ2v) is 15.1. The molecule has 0 aliphatic heterocycles. The Morgan fingerprint density at radius 3 is 1.96 bits per heavy atom. The van der Waals surface area contributed by atoms with Gasteiger partial charge in [-0.1, -0.05) is 85.4 Å². The van der Waals surface area contributed by atoms with E-state index in [9.17, 15) is 0 Å². The molecule has 0 fully saturated rings. The van der Waals surface area contributed by atoms with Gasteiger partial charge in [-0.15, -0.1) is 0 Å². The molecule has 136 valence electrons. The topological polar surface area (TPSA) is 12.9 Å². The highest BCUT2D eigenvalue weighted by Crippen LogP contribution is 2.27. The first kappa shape index (κ1) is 17.0. The van der Waals surface area contributed by atoms with E-state index in [0.717, 1.165) is 22.0 Å². The van der Waals surface area contributed by atoms with Crippen molar-refractivity contribution in [1.82, 2.24) is 4.98 Å². The molecule has 0 spiro atoms. The fourth-order valence-electron chi connectivity index (χ4n) is 2.86. The molecule has 2 rings (SSSR count). The average molecular weight is 356 g/mol. The van der Waals surface area contributed by atoms with Crippen LogP contribution < -0.4 is 5.19 Å². The third-order valence-corrected chi connectivity index (χ3v) is 6.28. The molecular formula is C23H35NSi. The van der Waals surface area contributed by atoms with Crippen LogP contribution in [0.5, 0.6) is 0 Å². The number of hydrogen-bond acceptors (Lipinski definition) is 1. The molecule has 0 saturated carbocycles. The van der Waals surface area contributed by atoms with Crippen molar-refractivity contribution < 1.29 is 2.74 Å². The first-order valence-electron chi connectivity index (χ1n) is 10.2. The minimum Gasteiger partial charge on any atom is -0.256 e. The van der Waals surface area contributed by atoms with Crippen molar-refractivity contribution in [3.8, 4) is 11.3 Å². The van der Waals surface area contributed by atoms with Crippen molar-refractivity contribution >= 4 is 13.3 Å². The van der Waals surface area contributed by atoms with E-state index >= 15 is 0 Å². The molecule has 2 aromatic rings. The second-order valence-electron chi connectivity index (χ2n) is 10.1. The summed E-state index contributed by atoms with van der Waals surface area (Å²) in [7, 11) is -1.73. The molecule has 0 aliphatic rings. The van der Waals surface area contributed by atoms with Crippen LogP contribution in [0.25, 0.3) is 11.3 Å². The van der Waals surface area contributed by atoms with E-state index < -0.39 is 19.9 Å². The molecule has 1 heterocycles. The summed E-state index contributed by atoms with van der Waals surface area (Å²) < 4.78 is 17.8. The van der Waals surface area contributed by atoms with Gasteiger partial charge < -0.3 is 0 Å². The zero-order valence-electron chi connectivity index (χ0n) is 19.4. The van der Waals surface area contributed by atoms with E-state index in [1.54, 1.807) is 0 Å². The summed E-state index contributed by atoms with van der Waals surface area (Å²) in [5.41, 5.74) is 3.60. The van der Waals surface area contributed by atoms with Crippen LogP contribution in [0.2, 0.25) is 19.6 Å². The number of pyridine rings is 1. The predicted molar refractivity (Wildman–Crippen MR) is 115 cm³/mol. The molecule has 1 nitrogen and oxygen atoms in total. The van der Waals surface area contributed by atoms with Crippen LogP contribution in [-0.4, -0.2) is 13.1 Å². The van der Waals surface area contributed by atoms with E-state index in [2.05, 4.69) is 64.7 Å². The summed E-state index contributed by atoms with van der Waals surface area (Å²) >= 11 is 0. The maximum Gasteiger partial charge on any atom is 0.0799 e. The van der Waals surface area contributed by atoms with Gasteiger partial charge in [0.2, 0.25) is 0 Å². The standard InChI is InChI=1S/C23H35NSi/c1-22(2,3)15-18-14-20(24-16-21(18)25(7,8)9)17-10-12-19(13-11-17)23(4,5)6/h10-14,16H,15H2,1-9H3/i15D2. The summed E-state index contributed by atoms with van der Waals surface area (Å²) in [6.45, 7) is 19.3. The van der Waals surface area contributed by atoms with Gasteiger partial charge in [-0.2, -0.15) is 0 Å². The molecule has 0 N–H and O–H groups in total. The molecule has 0 unspecified atom stereocenters. The number of nitrogens with zero attached hydrogens (tertiary/aromatic N) is 1. The first-order chi connectivity index (χ1) is 12.0. The third-order valence-electron chi connectivity index (χ3n) is 4.27. The molecule has 2 heteroatoms. The quantitative estimate of drug-likeness (QED) is 0.599. The summed E-state index contributed by atoms with van der Waals surface area (Å²) in [6, 6.07) is 10.5. The molecule has 0 radical (unpaired) electrons. The lowest BCUT2D eigenvalue weighted by molar-refractivity contribution is 0.412. The Hall–Kier alpha value is -1.41. The highest BCUT2D eigenvalue weighted by Gasteiger charge is 2.24. The van der Waals surface area contributed by atoms with Crippen molar-refractivity contribution in [2.75, 3.05) is 0 Å². The molecule has 0 saturated heterocycles. The van der Waals surface area contributed by atoms with Crippen LogP contribution in [0.4, 0.5) is 0 Å². The maximum absolute atomic E-state index is 8.88. The van der Waals surface area contributed by atoms with Crippen molar-refractivity contribution in [1.29, 1.82) is 0 Å². The van der Waals surface area contributed by atoms with Crippen LogP contribution in [0.1, 0.15) is 55.4 Å². The molecule has 1 aromatic carbocycles. The molecule has 1 aromatic heterocycles. The molecule has 0 amide bonds. The Morgan fingerprint density at radius 1 is 0.960 bits per heavy atom. The lowest BCUT2D eigenvalue weighted by atomic mass is 9.86. The number of rotatable bonds is 3. The lowest BCUT2D eigenvalue weighted by Crippen LogP contribution is -2.41. The average Bonchev–Trinajstić information content (AvgIpc) is 2.51. The number of benzene rings is 1. The lowest BCUT2D eigenvalue weighted by Gasteiger charge is -2.26. The Kier molecular flexibility index (Phi) is 4.57. The Balaban J connectivity index is 2.63. The SMILES string of the molecule is [2H]C([2H])(c1cc(-c2ccc(C(C)(C)C)cc2)ncc1[Si](C)(C)C)C(C)(C)C. The van der Waals surface area contributed by atoms with Crippen LogP contribution in [0, 0.1) is 5.41 Å². The third kappa shape index (κ3) is 5.28. The number of aromatic nitrogens is 1. The van der Waals surface area contributed by atoms with Gasteiger partial charge in [-0.25, -0.2) is 0 Å². The van der Waals surface area contributed by atoms with E-state index in [0.29, 0.717) is 0 Å². The minimum absolute atomic E-state index is 0.114.